The van der Waals surface area contributed by atoms with Gasteiger partial charge in [0.15, 0.2) is 0 Å². The van der Waals surface area contributed by atoms with Gasteiger partial charge in [0.05, 0.1) is 24.9 Å². The molecule has 1 saturated carbocycles. The van der Waals surface area contributed by atoms with E-state index in [4.69, 9.17) is 9.47 Å². The lowest BCUT2D eigenvalue weighted by molar-refractivity contribution is 0.278. The first-order valence-electron chi connectivity index (χ1n) is 4.70. The van der Waals surface area contributed by atoms with Crippen LogP contribution < -0.4 is 0 Å². The summed E-state index contributed by atoms with van der Waals surface area (Å²) in [6.45, 7) is 1.01. The first-order chi connectivity index (χ1) is 5.43. The molecule has 0 aromatic heterocycles. The first kappa shape index (κ1) is 6.44. The van der Waals surface area contributed by atoms with E-state index in [1.807, 2.05) is 0 Å². The van der Waals surface area contributed by atoms with Crippen LogP contribution in [0.2, 0.25) is 0 Å². The van der Waals surface area contributed by atoms with Crippen LogP contribution >= 0.6 is 0 Å². The SMILES string of the molecule is C1CC(CC2CO2)C2OC2C1. The molecule has 0 aromatic carbocycles. The van der Waals surface area contributed by atoms with Gasteiger partial charge in [-0.3, -0.25) is 0 Å². The zero-order valence-electron chi connectivity index (χ0n) is 6.66. The molecule has 0 N–H and O–H groups in total. The molecule has 2 nitrogen and oxygen atoms in total. The van der Waals surface area contributed by atoms with E-state index in [-0.39, 0.29) is 0 Å². The highest BCUT2D eigenvalue weighted by Crippen LogP contribution is 2.43. The van der Waals surface area contributed by atoms with E-state index in [0.29, 0.717) is 18.3 Å². The molecule has 0 aromatic rings. The summed E-state index contributed by atoms with van der Waals surface area (Å²) in [5.41, 5.74) is 0. The third kappa shape index (κ3) is 1.18. The van der Waals surface area contributed by atoms with Crippen molar-refractivity contribution in [2.75, 3.05) is 6.61 Å². The fourth-order valence-corrected chi connectivity index (χ4v) is 2.34. The van der Waals surface area contributed by atoms with Crippen molar-refractivity contribution >= 4 is 0 Å². The van der Waals surface area contributed by atoms with E-state index in [1.165, 1.54) is 25.7 Å². The Bertz CT molecular complexity index is 165. The second-order valence-corrected chi connectivity index (χ2v) is 4.02. The van der Waals surface area contributed by atoms with Crippen molar-refractivity contribution in [3.8, 4) is 0 Å². The summed E-state index contributed by atoms with van der Waals surface area (Å²) in [6, 6.07) is 0. The Labute approximate surface area is 66.9 Å². The van der Waals surface area contributed by atoms with Crippen LogP contribution in [-0.4, -0.2) is 24.9 Å². The average Bonchev–Trinajstić information content (AvgIpc) is 2.80. The van der Waals surface area contributed by atoms with E-state index < -0.39 is 0 Å². The van der Waals surface area contributed by atoms with Gasteiger partial charge in [0.1, 0.15) is 0 Å². The molecule has 3 fully saturated rings. The van der Waals surface area contributed by atoms with Crippen LogP contribution in [0, 0.1) is 5.92 Å². The van der Waals surface area contributed by atoms with Gasteiger partial charge in [0, 0.05) is 0 Å². The van der Waals surface area contributed by atoms with Crippen molar-refractivity contribution < 1.29 is 9.47 Å². The predicted molar refractivity (Wildman–Crippen MR) is 40.4 cm³/mol. The molecular formula is C9H14O2. The second-order valence-electron chi connectivity index (χ2n) is 4.02. The zero-order chi connectivity index (χ0) is 7.26. The summed E-state index contributed by atoms with van der Waals surface area (Å²) < 4.78 is 10.8. The Hall–Kier alpha value is -0.0800. The lowest BCUT2D eigenvalue weighted by Crippen LogP contribution is -2.17. The first-order valence-corrected chi connectivity index (χ1v) is 4.70. The van der Waals surface area contributed by atoms with Gasteiger partial charge in [0.2, 0.25) is 0 Å². The van der Waals surface area contributed by atoms with E-state index >= 15 is 0 Å². The standard InChI is InChI=1S/C9H14O2/c1-2-6(4-7-5-10-7)9-8(3-1)11-9/h6-9H,1-5H2. The van der Waals surface area contributed by atoms with Crippen molar-refractivity contribution in [2.45, 2.75) is 44.0 Å². The van der Waals surface area contributed by atoms with E-state index in [1.54, 1.807) is 0 Å². The highest BCUT2D eigenvalue weighted by Gasteiger charge is 2.48. The van der Waals surface area contributed by atoms with Gasteiger partial charge in [0.25, 0.3) is 0 Å². The molecule has 4 atom stereocenters. The highest BCUT2D eigenvalue weighted by molar-refractivity contribution is 4.96. The molecule has 0 spiro atoms. The maximum absolute atomic E-state index is 5.56. The largest absolute Gasteiger partial charge is 0.373 e. The number of ether oxygens (including phenoxy) is 2. The van der Waals surface area contributed by atoms with Crippen molar-refractivity contribution in [1.82, 2.24) is 0 Å². The Morgan fingerprint density at radius 3 is 3.00 bits per heavy atom. The summed E-state index contributed by atoms with van der Waals surface area (Å²) in [4.78, 5) is 0. The molecule has 0 bridgehead atoms. The van der Waals surface area contributed by atoms with Crippen LogP contribution in [-0.2, 0) is 9.47 Å². The molecule has 62 valence electrons. The molecule has 3 aliphatic rings. The van der Waals surface area contributed by atoms with Crippen LogP contribution in [0.4, 0.5) is 0 Å². The summed E-state index contributed by atoms with van der Waals surface area (Å²) in [5.74, 6) is 0.834. The third-order valence-electron chi connectivity index (χ3n) is 3.12. The van der Waals surface area contributed by atoms with Gasteiger partial charge in [-0.15, -0.1) is 0 Å². The topological polar surface area (TPSA) is 25.1 Å². The highest BCUT2D eigenvalue weighted by atomic mass is 16.6. The number of rotatable bonds is 2. The van der Waals surface area contributed by atoms with Crippen molar-refractivity contribution in [1.29, 1.82) is 0 Å². The average molecular weight is 154 g/mol. The van der Waals surface area contributed by atoms with Crippen molar-refractivity contribution in [3.05, 3.63) is 0 Å². The minimum atomic E-state index is 0.600. The molecule has 3 rings (SSSR count). The summed E-state index contributed by atoms with van der Waals surface area (Å²) in [6.07, 6.45) is 7.20. The fourth-order valence-electron chi connectivity index (χ4n) is 2.34. The van der Waals surface area contributed by atoms with Crippen LogP contribution in [0.15, 0.2) is 0 Å². The van der Waals surface area contributed by atoms with Gasteiger partial charge in [-0.2, -0.15) is 0 Å². The third-order valence-corrected chi connectivity index (χ3v) is 3.12. The van der Waals surface area contributed by atoms with Gasteiger partial charge < -0.3 is 9.47 Å². The zero-order valence-corrected chi connectivity index (χ0v) is 6.66. The van der Waals surface area contributed by atoms with Crippen LogP contribution in [0.3, 0.4) is 0 Å². The summed E-state index contributed by atoms with van der Waals surface area (Å²) >= 11 is 0. The van der Waals surface area contributed by atoms with E-state index in [9.17, 15) is 0 Å². The number of hydrogen-bond donors (Lipinski definition) is 0. The van der Waals surface area contributed by atoms with Crippen molar-refractivity contribution in [3.63, 3.8) is 0 Å². The van der Waals surface area contributed by atoms with Gasteiger partial charge in [-0.1, -0.05) is 6.42 Å². The minimum absolute atomic E-state index is 0.600. The van der Waals surface area contributed by atoms with E-state index in [0.717, 1.165) is 12.5 Å². The van der Waals surface area contributed by atoms with Crippen LogP contribution in [0.1, 0.15) is 25.7 Å². The van der Waals surface area contributed by atoms with E-state index in [2.05, 4.69) is 0 Å². The summed E-state index contributed by atoms with van der Waals surface area (Å²) in [5, 5.41) is 0. The number of epoxide rings is 2. The van der Waals surface area contributed by atoms with Gasteiger partial charge in [-0.25, -0.2) is 0 Å². The Morgan fingerprint density at radius 2 is 2.18 bits per heavy atom. The van der Waals surface area contributed by atoms with Gasteiger partial charge in [-0.05, 0) is 25.2 Å². The molecule has 2 saturated heterocycles. The smallest absolute Gasteiger partial charge is 0.0870 e. The van der Waals surface area contributed by atoms with Crippen molar-refractivity contribution in [2.24, 2.45) is 5.92 Å². The summed E-state index contributed by atoms with van der Waals surface area (Å²) in [7, 11) is 0. The molecule has 2 aliphatic heterocycles. The molecule has 11 heavy (non-hydrogen) atoms. The maximum Gasteiger partial charge on any atom is 0.0870 e. The lowest BCUT2D eigenvalue weighted by atomic mass is 9.86. The molecule has 2 heteroatoms. The fraction of sp³-hybridized carbons (Fsp3) is 1.00. The second kappa shape index (κ2) is 2.20. The Balaban J connectivity index is 1.58. The normalized spacial score (nSPS) is 53.5. The van der Waals surface area contributed by atoms with Crippen LogP contribution in [0.5, 0.6) is 0 Å². The Morgan fingerprint density at radius 1 is 1.27 bits per heavy atom. The monoisotopic (exact) mass is 154 g/mol. The number of hydrogen-bond acceptors (Lipinski definition) is 2. The quantitative estimate of drug-likeness (QED) is 0.561. The molecule has 1 aliphatic carbocycles. The van der Waals surface area contributed by atoms with Crippen LogP contribution in [0.25, 0.3) is 0 Å². The van der Waals surface area contributed by atoms with Gasteiger partial charge >= 0.3 is 0 Å². The lowest BCUT2D eigenvalue weighted by Gasteiger charge is -2.16. The molecule has 2 heterocycles. The predicted octanol–water partition coefficient (Wildman–Crippen LogP) is 1.34. The molecule has 0 radical (unpaired) electrons. The molecule has 4 unspecified atom stereocenters. The molecular weight excluding hydrogens is 140 g/mol. The molecule has 0 amide bonds. The number of fused-ring (bicyclic) bond motifs is 1. The minimum Gasteiger partial charge on any atom is -0.373 e. The maximum atomic E-state index is 5.56. The Kier molecular flexibility index (Phi) is 1.29.